The number of benzene rings is 1. The zero-order valence-corrected chi connectivity index (χ0v) is 12.7. The van der Waals surface area contributed by atoms with E-state index in [2.05, 4.69) is 48.3 Å². The van der Waals surface area contributed by atoms with Gasteiger partial charge in [0.25, 0.3) is 0 Å². The summed E-state index contributed by atoms with van der Waals surface area (Å²) in [5, 5.41) is 7.39. The Kier molecular flexibility index (Phi) is 3.97. The number of H-pyrrole nitrogens is 1. The summed E-state index contributed by atoms with van der Waals surface area (Å²) in [6.07, 6.45) is 2.05. The van der Waals surface area contributed by atoms with Gasteiger partial charge in [-0.3, -0.25) is 5.10 Å². The molecule has 3 rings (SSSR count). The van der Waals surface area contributed by atoms with Gasteiger partial charge in [-0.2, -0.15) is 5.10 Å². The van der Waals surface area contributed by atoms with E-state index >= 15 is 0 Å². The van der Waals surface area contributed by atoms with Gasteiger partial charge in [0.05, 0.1) is 0 Å². The first kappa shape index (κ1) is 14.1. The maximum Gasteiger partial charge on any atom is 0.153 e. The van der Waals surface area contributed by atoms with Crippen LogP contribution in [0.1, 0.15) is 49.8 Å². The minimum atomic E-state index is 0.461. The monoisotopic (exact) mass is 285 g/mol. The molecule has 2 aromatic rings. The highest BCUT2D eigenvalue weighted by Gasteiger charge is 2.23. The third-order valence-corrected chi connectivity index (χ3v) is 4.32. The summed E-state index contributed by atoms with van der Waals surface area (Å²) in [7, 11) is 0. The molecule has 0 spiro atoms. The van der Waals surface area contributed by atoms with Gasteiger partial charge < -0.3 is 10.5 Å². The molecule has 0 atom stereocenters. The number of ether oxygens (including phenoxy) is 1. The van der Waals surface area contributed by atoms with Gasteiger partial charge in [-0.05, 0) is 29.9 Å². The normalized spacial score (nSPS) is 16.5. The van der Waals surface area contributed by atoms with Crippen LogP contribution in [0.5, 0.6) is 0 Å². The van der Waals surface area contributed by atoms with E-state index in [1.165, 1.54) is 5.56 Å². The molecule has 0 unspecified atom stereocenters. The molecule has 0 bridgehead atoms. The van der Waals surface area contributed by atoms with Crippen molar-refractivity contribution in [1.29, 1.82) is 0 Å². The van der Waals surface area contributed by atoms with Gasteiger partial charge >= 0.3 is 0 Å². The Hall–Kier alpha value is -1.81. The van der Waals surface area contributed by atoms with Crippen LogP contribution in [-0.4, -0.2) is 23.4 Å². The van der Waals surface area contributed by atoms with Crippen molar-refractivity contribution >= 4 is 5.82 Å². The van der Waals surface area contributed by atoms with Crippen molar-refractivity contribution < 1.29 is 4.74 Å². The topological polar surface area (TPSA) is 63.9 Å². The van der Waals surface area contributed by atoms with Crippen molar-refractivity contribution in [2.45, 2.75) is 38.5 Å². The number of nitrogens with two attached hydrogens (primary N) is 1. The van der Waals surface area contributed by atoms with Crippen molar-refractivity contribution in [1.82, 2.24) is 10.2 Å². The largest absolute Gasteiger partial charge is 0.382 e. The summed E-state index contributed by atoms with van der Waals surface area (Å²) >= 11 is 0. The molecule has 1 aromatic carbocycles. The fourth-order valence-corrected chi connectivity index (χ4v) is 2.99. The van der Waals surface area contributed by atoms with Gasteiger partial charge in [0.15, 0.2) is 5.82 Å². The van der Waals surface area contributed by atoms with Crippen molar-refractivity contribution in [2.75, 3.05) is 18.9 Å². The lowest BCUT2D eigenvalue weighted by atomic mass is 9.90. The Morgan fingerprint density at radius 2 is 1.86 bits per heavy atom. The highest BCUT2D eigenvalue weighted by molar-refractivity contribution is 5.76. The third-order valence-electron chi connectivity index (χ3n) is 4.32. The van der Waals surface area contributed by atoms with Crippen LogP contribution in [0.2, 0.25) is 0 Å². The fraction of sp³-hybridized carbons (Fsp3) is 0.471. The number of nitrogens with one attached hydrogen (secondary N) is 1. The van der Waals surface area contributed by atoms with Gasteiger partial charge in [0.1, 0.15) is 0 Å². The number of aromatic amines is 1. The average molecular weight is 285 g/mol. The van der Waals surface area contributed by atoms with E-state index in [0.29, 0.717) is 17.7 Å². The number of aromatic nitrogens is 2. The second kappa shape index (κ2) is 5.90. The fourth-order valence-electron chi connectivity index (χ4n) is 2.99. The molecule has 4 heteroatoms. The number of nitrogen functional groups attached to an aromatic ring is 1. The lowest BCUT2D eigenvalue weighted by Gasteiger charge is -2.22. The smallest absolute Gasteiger partial charge is 0.153 e. The molecule has 1 aliphatic heterocycles. The van der Waals surface area contributed by atoms with E-state index in [1.807, 2.05) is 0 Å². The van der Waals surface area contributed by atoms with Crippen molar-refractivity contribution in [3.63, 3.8) is 0 Å². The van der Waals surface area contributed by atoms with E-state index in [1.54, 1.807) is 0 Å². The molecule has 1 aromatic heterocycles. The predicted molar refractivity (Wildman–Crippen MR) is 85.3 cm³/mol. The average Bonchev–Trinajstić information content (AvgIpc) is 2.90. The Bertz CT molecular complexity index is 595. The zero-order chi connectivity index (χ0) is 14.8. The molecule has 1 aliphatic rings. The molecule has 1 fully saturated rings. The van der Waals surface area contributed by atoms with Crippen LogP contribution in [0.25, 0.3) is 11.1 Å². The number of rotatable bonds is 3. The second-order valence-electron chi connectivity index (χ2n) is 6.06. The van der Waals surface area contributed by atoms with Crippen molar-refractivity contribution in [2.24, 2.45) is 0 Å². The van der Waals surface area contributed by atoms with Crippen LogP contribution >= 0.6 is 0 Å². The van der Waals surface area contributed by atoms with Crippen LogP contribution < -0.4 is 5.73 Å². The van der Waals surface area contributed by atoms with Crippen LogP contribution in [0.15, 0.2) is 24.3 Å². The zero-order valence-electron chi connectivity index (χ0n) is 12.7. The second-order valence-corrected chi connectivity index (χ2v) is 6.06. The molecule has 21 heavy (non-hydrogen) atoms. The van der Waals surface area contributed by atoms with Crippen molar-refractivity contribution in [3.05, 3.63) is 35.5 Å². The van der Waals surface area contributed by atoms with Crippen LogP contribution in [0, 0.1) is 0 Å². The highest BCUT2D eigenvalue weighted by Crippen LogP contribution is 2.36. The molecule has 3 N–H and O–H groups in total. The molecule has 2 heterocycles. The number of anilines is 1. The summed E-state index contributed by atoms with van der Waals surface area (Å²) < 4.78 is 5.45. The Morgan fingerprint density at radius 1 is 1.19 bits per heavy atom. The SMILES string of the molecule is CC(C)c1ccc(-c2c(N)n[nH]c2C2CCOCC2)cc1. The minimum absolute atomic E-state index is 0.461. The van der Waals surface area contributed by atoms with Gasteiger partial charge in [-0.25, -0.2) is 0 Å². The molecule has 0 saturated carbocycles. The molecule has 1 saturated heterocycles. The van der Waals surface area contributed by atoms with Gasteiger partial charge in [-0.1, -0.05) is 38.1 Å². The lowest BCUT2D eigenvalue weighted by molar-refractivity contribution is 0.0846. The third kappa shape index (κ3) is 2.81. The van der Waals surface area contributed by atoms with Gasteiger partial charge in [0.2, 0.25) is 0 Å². The van der Waals surface area contributed by atoms with Gasteiger partial charge in [-0.15, -0.1) is 0 Å². The number of nitrogens with zero attached hydrogens (tertiary/aromatic N) is 1. The molecule has 0 radical (unpaired) electrons. The maximum absolute atomic E-state index is 6.10. The summed E-state index contributed by atoms with van der Waals surface area (Å²) in [6, 6.07) is 8.67. The van der Waals surface area contributed by atoms with Crippen LogP contribution in [-0.2, 0) is 4.74 Å². The lowest BCUT2D eigenvalue weighted by Crippen LogP contribution is -2.15. The molecular formula is C17H23N3O. The molecule has 4 nitrogen and oxygen atoms in total. The summed E-state index contributed by atoms with van der Waals surface area (Å²) in [4.78, 5) is 0. The summed E-state index contributed by atoms with van der Waals surface area (Å²) in [5.74, 6) is 1.59. The summed E-state index contributed by atoms with van der Waals surface area (Å²) in [5.41, 5.74) is 10.8. The number of hydrogen-bond donors (Lipinski definition) is 2. The standard InChI is InChI=1S/C17H23N3O/c1-11(2)12-3-5-13(6-4-12)15-16(19-20-17(15)18)14-7-9-21-10-8-14/h3-6,11,14H,7-10H2,1-2H3,(H3,18,19,20). The van der Waals surface area contributed by atoms with E-state index in [4.69, 9.17) is 10.5 Å². The van der Waals surface area contributed by atoms with E-state index in [0.717, 1.165) is 42.9 Å². The Balaban J connectivity index is 1.95. The number of hydrogen-bond acceptors (Lipinski definition) is 3. The van der Waals surface area contributed by atoms with Crippen molar-refractivity contribution in [3.8, 4) is 11.1 Å². The van der Waals surface area contributed by atoms with Gasteiger partial charge in [0, 0.05) is 30.4 Å². The predicted octanol–water partition coefficient (Wildman–Crippen LogP) is 3.68. The first-order valence-corrected chi connectivity index (χ1v) is 7.68. The first-order chi connectivity index (χ1) is 10.2. The Labute approximate surface area is 125 Å². The van der Waals surface area contributed by atoms with Crippen LogP contribution in [0.4, 0.5) is 5.82 Å². The Morgan fingerprint density at radius 3 is 2.48 bits per heavy atom. The summed E-state index contributed by atoms with van der Waals surface area (Å²) in [6.45, 7) is 6.04. The molecule has 0 amide bonds. The molecule has 112 valence electrons. The molecule has 0 aliphatic carbocycles. The van der Waals surface area contributed by atoms with E-state index in [-0.39, 0.29) is 0 Å². The van der Waals surface area contributed by atoms with E-state index in [9.17, 15) is 0 Å². The molecular weight excluding hydrogens is 262 g/mol. The highest BCUT2D eigenvalue weighted by atomic mass is 16.5. The van der Waals surface area contributed by atoms with Crippen LogP contribution in [0.3, 0.4) is 0 Å². The van der Waals surface area contributed by atoms with E-state index < -0.39 is 0 Å². The first-order valence-electron chi connectivity index (χ1n) is 7.68. The maximum atomic E-state index is 6.10. The minimum Gasteiger partial charge on any atom is -0.382 e. The quantitative estimate of drug-likeness (QED) is 0.904.